The molecule has 0 aliphatic rings. The maximum Gasteiger partial charge on any atom is 0.134 e. The van der Waals surface area contributed by atoms with E-state index in [1.165, 1.54) is 17.4 Å². The van der Waals surface area contributed by atoms with Gasteiger partial charge in [-0.05, 0) is 42.4 Å². The fourth-order valence-corrected chi connectivity index (χ4v) is 2.35. The van der Waals surface area contributed by atoms with Crippen LogP contribution in [0.1, 0.15) is 45.4 Å². The Labute approximate surface area is 110 Å². The molecule has 1 aromatic carbocycles. The predicted molar refractivity (Wildman–Crippen MR) is 77.9 cm³/mol. The van der Waals surface area contributed by atoms with E-state index in [0.717, 1.165) is 30.1 Å². The third kappa shape index (κ3) is 3.16. The van der Waals surface area contributed by atoms with Crippen molar-refractivity contribution in [2.45, 2.75) is 47.0 Å². The molecular formula is C17H24O. The summed E-state index contributed by atoms with van der Waals surface area (Å²) < 4.78 is 5.94. The molecule has 0 radical (unpaired) electrons. The maximum absolute atomic E-state index is 5.94. The van der Waals surface area contributed by atoms with Crippen molar-refractivity contribution >= 4 is 11.0 Å². The van der Waals surface area contributed by atoms with Crippen LogP contribution in [0.25, 0.3) is 11.0 Å². The molecule has 98 valence electrons. The highest BCUT2D eigenvalue weighted by molar-refractivity contribution is 5.81. The lowest BCUT2D eigenvalue weighted by Gasteiger charge is -2.05. The smallest absolute Gasteiger partial charge is 0.134 e. The standard InChI is InChI=1S/C17H24O/c1-12(2)8-9-15-11-16-14(10-13(3)4)6-5-7-17(16)18-15/h5-7,11-13H,8-10H2,1-4H3. The Bertz CT molecular complexity index is 505. The molecule has 0 fully saturated rings. The van der Waals surface area contributed by atoms with Crippen molar-refractivity contribution in [1.82, 2.24) is 0 Å². The molecule has 0 bridgehead atoms. The van der Waals surface area contributed by atoms with E-state index in [9.17, 15) is 0 Å². The summed E-state index contributed by atoms with van der Waals surface area (Å²) in [6.07, 6.45) is 3.37. The molecule has 0 atom stereocenters. The number of aryl methyl sites for hydroxylation is 1. The minimum Gasteiger partial charge on any atom is -0.461 e. The van der Waals surface area contributed by atoms with Crippen molar-refractivity contribution in [3.05, 3.63) is 35.6 Å². The van der Waals surface area contributed by atoms with E-state index in [1.807, 2.05) is 0 Å². The highest BCUT2D eigenvalue weighted by atomic mass is 16.3. The molecule has 0 saturated carbocycles. The van der Waals surface area contributed by atoms with E-state index in [-0.39, 0.29) is 0 Å². The van der Waals surface area contributed by atoms with Crippen molar-refractivity contribution in [2.24, 2.45) is 11.8 Å². The zero-order valence-electron chi connectivity index (χ0n) is 12.0. The summed E-state index contributed by atoms with van der Waals surface area (Å²) in [5.74, 6) is 2.55. The first-order chi connectivity index (χ1) is 8.56. The molecule has 0 aliphatic heterocycles. The quantitative estimate of drug-likeness (QED) is 0.702. The average molecular weight is 244 g/mol. The summed E-state index contributed by atoms with van der Waals surface area (Å²) in [6.45, 7) is 9.04. The maximum atomic E-state index is 5.94. The van der Waals surface area contributed by atoms with Crippen LogP contribution in [-0.2, 0) is 12.8 Å². The van der Waals surface area contributed by atoms with Gasteiger partial charge in [-0.1, -0.05) is 39.8 Å². The molecule has 0 unspecified atom stereocenters. The predicted octanol–water partition coefficient (Wildman–Crippen LogP) is 5.22. The highest BCUT2D eigenvalue weighted by Gasteiger charge is 2.09. The average Bonchev–Trinajstić information content (AvgIpc) is 2.69. The van der Waals surface area contributed by atoms with Gasteiger partial charge in [0.05, 0.1) is 0 Å². The van der Waals surface area contributed by atoms with Gasteiger partial charge in [0, 0.05) is 11.8 Å². The van der Waals surface area contributed by atoms with E-state index in [1.54, 1.807) is 0 Å². The molecule has 1 nitrogen and oxygen atoms in total. The molecule has 0 saturated heterocycles. The van der Waals surface area contributed by atoms with Gasteiger partial charge >= 0.3 is 0 Å². The summed E-state index contributed by atoms with van der Waals surface area (Å²) >= 11 is 0. The summed E-state index contributed by atoms with van der Waals surface area (Å²) in [6, 6.07) is 8.66. The monoisotopic (exact) mass is 244 g/mol. The second-order valence-corrected chi connectivity index (χ2v) is 6.07. The number of fused-ring (bicyclic) bond motifs is 1. The van der Waals surface area contributed by atoms with Gasteiger partial charge < -0.3 is 4.42 Å². The van der Waals surface area contributed by atoms with E-state index in [0.29, 0.717) is 5.92 Å². The first kappa shape index (κ1) is 13.2. The Morgan fingerprint density at radius 3 is 2.50 bits per heavy atom. The molecular weight excluding hydrogens is 220 g/mol. The summed E-state index contributed by atoms with van der Waals surface area (Å²) in [4.78, 5) is 0. The van der Waals surface area contributed by atoms with Gasteiger partial charge in [0.15, 0.2) is 0 Å². The minimum absolute atomic E-state index is 0.685. The minimum atomic E-state index is 0.685. The zero-order chi connectivity index (χ0) is 13.1. The fraction of sp³-hybridized carbons (Fsp3) is 0.529. The Morgan fingerprint density at radius 2 is 1.83 bits per heavy atom. The second kappa shape index (κ2) is 5.60. The van der Waals surface area contributed by atoms with Crippen LogP contribution in [-0.4, -0.2) is 0 Å². The van der Waals surface area contributed by atoms with Gasteiger partial charge in [-0.25, -0.2) is 0 Å². The molecule has 18 heavy (non-hydrogen) atoms. The van der Waals surface area contributed by atoms with E-state index < -0.39 is 0 Å². The number of hydrogen-bond acceptors (Lipinski definition) is 1. The van der Waals surface area contributed by atoms with Crippen LogP contribution in [0.3, 0.4) is 0 Å². The van der Waals surface area contributed by atoms with Gasteiger partial charge in [0.25, 0.3) is 0 Å². The Balaban J connectivity index is 2.26. The molecule has 0 spiro atoms. The molecule has 0 N–H and O–H groups in total. The van der Waals surface area contributed by atoms with Crippen LogP contribution >= 0.6 is 0 Å². The lowest BCUT2D eigenvalue weighted by atomic mass is 9.99. The number of benzene rings is 1. The summed E-state index contributed by atoms with van der Waals surface area (Å²) in [5.41, 5.74) is 2.47. The Hall–Kier alpha value is -1.24. The van der Waals surface area contributed by atoms with Crippen LogP contribution in [0.2, 0.25) is 0 Å². The number of furan rings is 1. The van der Waals surface area contributed by atoms with Crippen molar-refractivity contribution in [1.29, 1.82) is 0 Å². The van der Waals surface area contributed by atoms with Crippen LogP contribution in [0.4, 0.5) is 0 Å². The van der Waals surface area contributed by atoms with Crippen LogP contribution < -0.4 is 0 Å². The van der Waals surface area contributed by atoms with Gasteiger partial charge in [0.2, 0.25) is 0 Å². The SMILES string of the molecule is CC(C)CCc1cc2c(CC(C)C)cccc2o1. The second-order valence-electron chi connectivity index (χ2n) is 6.07. The molecule has 1 heteroatoms. The van der Waals surface area contributed by atoms with Crippen LogP contribution in [0.5, 0.6) is 0 Å². The molecule has 0 aliphatic carbocycles. The van der Waals surface area contributed by atoms with Crippen LogP contribution in [0, 0.1) is 11.8 Å². The van der Waals surface area contributed by atoms with E-state index in [4.69, 9.17) is 4.42 Å². The van der Waals surface area contributed by atoms with Crippen molar-refractivity contribution in [2.75, 3.05) is 0 Å². The zero-order valence-corrected chi connectivity index (χ0v) is 12.0. The fourth-order valence-electron chi connectivity index (χ4n) is 2.35. The van der Waals surface area contributed by atoms with Gasteiger partial charge in [0.1, 0.15) is 11.3 Å². The normalized spacial score (nSPS) is 11.9. The topological polar surface area (TPSA) is 13.1 Å². The molecule has 0 amide bonds. The molecule has 1 heterocycles. The first-order valence-electron chi connectivity index (χ1n) is 7.06. The lowest BCUT2D eigenvalue weighted by molar-refractivity contribution is 0.499. The molecule has 2 rings (SSSR count). The number of rotatable bonds is 5. The van der Waals surface area contributed by atoms with E-state index >= 15 is 0 Å². The van der Waals surface area contributed by atoms with Crippen LogP contribution in [0.15, 0.2) is 28.7 Å². The van der Waals surface area contributed by atoms with Gasteiger partial charge in [-0.2, -0.15) is 0 Å². The Morgan fingerprint density at radius 1 is 1.06 bits per heavy atom. The summed E-state index contributed by atoms with van der Waals surface area (Å²) in [7, 11) is 0. The third-order valence-corrected chi connectivity index (χ3v) is 3.30. The molecule has 1 aromatic heterocycles. The number of hydrogen-bond donors (Lipinski definition) is 0. The van der Waals surface area contributed by atoms with Crippen molar-refractivity contribution in [3.63, 3.8) is 0 Å². The largest absolute Gasteiger partial charge is 0.461 e. The third-order valence-electron chi connectivity index (χ3n) is 3.30. The molecule has 2 aromatic rings. The van der Waals surface area contributed by atoms with E-state index in [2.05, 4.69) is 52.0 Å². The van der Waals surface area contributed by atoms with Gasteiger partial charge in [-0.3, -0.25) is 0 Å². The van der Waals surface area contributed by atoms with Crippen molar-refractivity contribution in [3.8, 4) is 0 Å². The van der Waals surface area contributed by atoms with Gasteiger partial charge in [-0.15, -0.1) is 0 Å². The summed E-state index contributed by atoms with van der Waals surface area (Å²) in [5, 5.41) is 1.31. The Kier molecular flexibility index (Phi) is 4.11. The first-order valence-corrected chi connectivity index (χ1v) is 7.06. The van der Waals surface area contributed by atoms with Crippen molar-refractivity contribution < 1.29 is 4.42 Å². The highest BCUT2D eigenvalue weighted by Crippen LogP contribution is 2.26. The lowest BCUT2D eigenvalue weighted by Crippen LogP contribution is -1.93.